The summed E-state index contributed by atoms with van der Waals surface area (Å²) in [6, 6.07) is 9.98. The maximum atomic E-state index is 6.45. The van der Waals surface area contributed by atoms with Crippen LogP contribution in [0.4, 0.5) is 0 Å². The summed E-state index contributed by atoms with van der Waals surface area (Å²) in [7, 11) is 4.47. The van der Waals surface area contributed by atoms with Gasteiger partial charge in [0.15, 0.2) is 0 Å². The van der Waals surface area contributed by atoms with Crippen molar-refractivity contribution in [2.45, 2.75) is 51.2 Å². The lowest BCUT2D eigenvalue weighted by molar-refractivity contribution is 0.157. The van der Waals surface area contributed by atoms with Crippen LogP contribution in [0.5, 0.6) is 0 Å². The van der Waals surface area contributed by atoms with Crippen LogP contribution in [0.2, 0.25) is 0 Å². The van der Waals surface area contributed by atoms with Gasteiger partial charge in [-0.25, -0.2) is 0 Å². The Bertz CT molecular complexity index is 446. The van der Waals surface area contributed by atoms with Gasteiger partial charge in [-0.2, -0.15) is 0 Å². The molecule has 1 saturated heterocycles. The molecule has 3 atom stereocenters. The predicted octanol–water partition coefficient (Wildman–Crippen LogP) is 2.80. The monoisotopic (exact) mass is 289 g/mol. The highest BCUT2D eigenvalue weighted by Crippen LogP contribution is 2.26. The minimum Gasteiger partial charge on any atom is -0.326 e. The van der Waals surface area contributed by atoms with E-state index in [1.807, 2.05) is 0 Å². The van der Waals surface area contributed by atoms with E-state index in [0.29, 0.717) is 12.1 Å². The molecule has 1 aliphatic heterocycles. The van der Waals surface area contributed by atoms with Crippen LogP contribution in [-0.4, -0.2) is 49.1 Å². The maximum Gasteiger partial charge on any atom is 0.0496 e. The molecule has 0 aliphatic carbocycles. The summed E-state index contributed by atoms with van der Waals surface area (Å²) in [4.78, 5) is 4.96. The Labute approximate surface area is 130 Å². The molecule has 0 radical (unpaired) electrons. The third-order valence-electron chi connectivity index (χ3n) is 4.91. The first-order chi connectivity index (χ1) is 10.0. The first-order valence-electron chi connectivity index (χ1n) is 8.25. The van der Waals surface area contributed by atoms with E-state index in [1.54, 1.807) is 0 Å². The van der Waals surface area contributed by atoms with E-state index in [9.17, 15) is 0 Å². The third-order valence-corrected chi connectivity index (χ3v) is 4.91. The number of nitrogens with zero attached hydrogens (tertiary/aromatic N) is 2. The summed E-state index contributed by atoms with van der Waals surface area (Å²) in [6.07, 6.45) is 3.64. The van der Waals surface area contributed by atoms with Gasteiger partial charge in [0, 0.05) is 24.7 Å². The van der Waals surface area contributed by atoms with E-state index >= 15 is 0 Å². The van der Waals surface area contributed by atoms with Crippen LogP contribution in [0.25, 0.3) is 0 Å². The Hall–Kier alpha value is -0.900. The molecule has 118 valence electrons. The Morgan fingerprint density at radius 3 is 2.76 bits per heavy atom. The third kappa shape index (κ3) is 4.06. The Kier molecular flexibility index (Phi) is 5.80. The van der Waals surface area contributed by atoms with Crippen molar-refractivity contribution in [2.24, 2.45) is 5.73 Å². The van der Waals surface area contributed by atoms with Crippen LogP contribution in [0.15, 0.2) is 24.3 Å². The van der Waals surface area contributed by atoms with Gasteiger partial charge in [0.25, 0.3) is 0 Å². The molecule has 3 nitrogen and oxygen atoms in total. The predicted molar refractivity (Wildman–Crippen MR) is 90.5 cm³/mol. The fourth-order valence-electron chi connectivity index (χ4n) is 3.56. The lowest BCUT2D eigenvalue weighted by atomic mass is 9.95. The van der Waals surface area contributed by atoms with Crippen LogP contribution >= 0.6 is 0 Å². The first-order valence-corrected chi connectivity index (χ1v) is 8.25. The average molecular weight is 289 g/mol. The maximum absolute atomic E-state index is 6.45. The first kappa shape index (κ1) is 16.5. The standard InChI is InChI=1S/C18H31N3/c1-5-17(19)18(15-9-6-8-14(2)12-15)21(4)13-16-10-7-11-20(16)3/h6,8-9,12,16-18H,5,7,10-11,13,19H2,1-4H3. The summed E-state index contributed by atoms with van der Waals surface area (Å²) in [6.45, 7) is 6.67. The van der Waals surface area contributed by atoms with Crippen LogP contribution in [0.3, 0.4) is 0 Å². The summed E-state index contributed by atoms with van der Waals surface area (Å²) in [5.41, 5.74) is 9.12. The number of aryl methyl sites for hydroxylation is 1. The highest BCUT2D eigenvalue weighted by molar-refractivity contribution is 5.26. The summed E-state index contributed by atoms with van der Waals surface area (Å²) in [5, 5.41) is 0. The molecular formula is C18H31N3. The summed E-state index contributed by atoms with van der Waals surface area (Å²) >= 11 is 0. The molecule has 2 rings (SSSR count). The molecule has 0 amide bonds. The summed E-state index contributed by atoms with van der Waals surface area (Å²) < 4.78 is 0. The van der Waals surface area contributed by atoms with Crippen molar-refractivity contribution in [3.63, 3.8) is 0 Å². The van der Waals surface area contributed by atoms with Crippen LogP contribution in [0, 0.1) is 6.92 Å². The van der Waals surface area contributed by atoms with Crippen LogP contribution in [0.1, 0.15) is 43.4 Å². The van der Waals surface area contributed by atoms with Crippen LogP contribution < -0.4 is 5.73 Å². The number of rotatable bonds is 6. The van der Waals surface area contributed by atoms with Crippen molar-refractivity contribution in [3.05, 3.63) is 35.4 Å². The van der Waals surface area contributed by atoms with Crippen molar-refractivity contribution in [2.75, 3.05) is 27.2 Å². The van der Waals surface area contributed by atoms with Crippen molar-refractivity contribution >= 4 is 0 Å². The van der Waals surface area contributed by atoms with Crippen LogP contribution in [-0.2, 0) is 0 Å². The van der Waals surface area contributed by atoms with E-state index in [0.717, 1.165) is 13.0 Å². The largest absolute Gasteiger partial charge is 0.326 e. The number of hydrogen-bond acceptors (Lipinski definition) is 3. The molecular weight excluding hydrogens is 258 g/mol. The molecule has 0 bridgehead atoms. The molecule has 1 aromatic rings. The molecule has 0 spiro atoms. The van der Waals surface area contributed by atoms with E-state index in [-0.39, 0.29) is 6.04 Å². The van der Waals surface area contributed by atoms with E-state index in [2.05, 4.69) is 62.0 Å². The molecule has 0 aromatic heterocycles. The van der Waals surface area contributed by atoms with Gasteiger partial charge in [-0.15, -0.1) is 0 Å². The molecule has 1 aliphatic rings. The second kappa shape index (κ2) is 7.39. The van der Waals surface area contributed by atoms with E-state index in [1.165, 1.54) is 30.5 Å². The zero-order valence-electron chi connectivity index (χ0n) is 14.0. The van der Waals surface area contributed by atoms with Gasteiger partial charge in [-0.3, -0.25) is 4.90 Å². The van der Waals surface area contributed by atoms with E-state index in [4.69, 9.17) is 5.73 Å². The Morgan fingerprint density at radius 2 is 2.19 bits per heavy atom. The lowest BCUT2D eigenvalue weighted by Crippen LogP contribution is -2.44. The fourth-order valence-corrected chi connectivity index (χ4v) is 3.56. The Balaban J connectivity index is 2.15. The quantitative estimate of drug-likeness (QED) is 0.874. The van der Waals surface area contributed by atoms with Gasteiger partial charge in [0.05, 0.1) is 0 Å². The topological polar surface area (TPSA) is 32.5 Å². The second-order valence-corrected chi connectivity index (χ2v) is 6.65. The van der Waals surface area contributed by atoms with Gasteiger partial charge in [-0.05, 0) is 52.4 Å². The van der Waals surface area contributed by atoms with Crippen molar-refractivity contribution < 1.29 is 0 Å². The number of benzene rings is 1. The van der Waals surface area contributed by atoms with Gasteiger partial charge < -0.3 is 10.6 Å². The molecule has 1 heterocycles. The molecule has 1 aromatic carbocycles. The second-order valence-electron chi connectivity index (χ2n) is 6.65. The van der Waals surface area contributed by atoms with Crippen molar-refractivity contribution in [1.82, 2.24) is 9.80 Å². The average Bonchev–Trinajstić information content (AvgIpc) is 2.84. The number of hydrogen-bond donors (Lipinski definition) is 1. The van der Waals surface area contributed by atoms with Gasteiger partial charge in [0.1, 0.15) is 0 Å². The molecule has 0 saturated carbocycles. The fraction of sp³-hybridized carbons (Fsp3) is 0.667. The van der Waals surface area contributed by atoms with Crippen molar-refractivity contribution in [3.8, 4) is 0 Å². The molecule has 21 heavy (non-hydrogen) atoms. The molecule has 1 fully saturated rings. The zero-order valence-corrected chi connectivity index (χ0v) is 14.0. The smallest absolute Gasteiger partial charge is 0.0496 e. The highest BCUT2D eigenvalue weighted by atomic mass is 15.2. The van der Waals surface area contributed by atoms with Gasteiger partial charge in [-0.1, -0.05) is 36.8 Å². The normalized spacial score (nSPS) is 22.7. The number of likely N-dealkylation sites (N-methyl/N-ethyl adjacent to an activating group) is 2. The minimum absolute atomic E-state index is 0.184. The van der Waals surface area contributed by atoms with E-state index < -0.39 is 0 Å². The summed E-state index contributed by atoms with van der Waals surface area (Å²) in [5.74, 6) is 0. The highest BCUT2D eigenvalue weighted by Gasteiger charge is 2.28. The van der Waals surface area contributed by atoms with Gasteiger partial charge in [0.2, 0.25) is 0 Å². The number of likely N-dealkylation sites (tertiary alicyclic amines) is 1. The van der Waals surface area contributed by atoms with Gasteiger partial charge >= 0.3 is 0 Å². The molecule has 3 unspecified atom stereocenters. The Morgan fingerprint density at radius 1 is 1.43 bits per heavy atom. The molecule has 2 N–H and O–H groups in total. The lowest BCUT2D eigenvalue weighted by Gasteiger charge is -2.36. The minimum atomic E-state index is 0.184. The number of nitrogens with two attached hydrogens (primary N) is 1. The molecule has 3 heteroatoms. The van der Waals surface area contributed by atoms with Crippen molar-refractivity contribution in [1.29, 1.82) is 0 Å². The zero-order chi connectivity index (χ0) is 15.4. The SMILES string of the molecule is CCC(N)C(c1cccc(C)c1)N(C)CC1CCCN1C.